The Bertz CT molecular complexity index is 927. The number of aromatic nitrogens is 2. The second-order valence-corrected chi connectivity index (χ2v) is 6.13. The molecule has 6 heteroatoms. The van der Waals surface area contributed by atoms with Gasteiger partial charge in [-0.1, -0.05) is 41.9 Å². The van der Waals surface area contributed by atoms with Gasteiger partial charge in [-0.05, 0) is 30.2 Å². The van der Waals surface area contributed by atoms with E-state index in [0.717, 1.165) is 24.5 Å². The average Bonchev–Trinajstić information content (AvgIpc) is 3.08. The van der Waals surface area contributed by atoms with Crippen LogP contribution in [0.5, 0.6) is 0 Å². The van der Waals surface area contributed by atoms with Gasteiger partial charge in [-0.2, -0.15) is 0 Å². The van der Waals surface area contributed by atoms with E-state index in [4.69, 9.17) is 11.6 Å². The Morgan fingerprint density at radius 3 is 2.64 bits per heavy atom. The molecule has 1 aliphatic rings. The normalized spacial score (nSPS) is 12.8. The van der Waals surface area contributed by atoms with Gasteiger partial charge in [0.15, 0.2) is 5.82 Å². The van der Waals surface area contributed by atoms with Crippen LogP contribution in [0.4, 0.5) is 17.2 Å². The fourth-order valence-electron chi connectivity index (χ4n) is 2.90. The standard InChI is InChI=1S/C19H15ClN4O/c20-14-6-2-3-7-15(14)23-19(25)16-11-22-18(12-21-16)24-10-9-13-5-1-4-8-17(13)24/h1-8,11-12H,9-10H2,(H,23,25). The van der Waals surface area contributed by atoms with Gasteiger partial charge in [0.25, 0.3) is 5.91 Å². The van der Waals surface area contributed by atoms with Crippen molar-refractivity contribution in [1.29, 1.82) is 0 Å². The maximum Gasteiger partial charge on any atom is 0.275 e. The van der Waals surface area contributed by atoms with Crippen LogP contribution in [-0.4, -0.2) is 22.4 Å². The van der Waals surface area contributed by atoms with E-state index in [2.05, 4.69) is 32.3 Å². The van der Waals surface area contributed by atoms with E-state index in [1.807, 2.05) is 12.1 Å². The van der Waals surface area contributed by atoms with Crippen LogP contribution < -0.4 is 10.2 Å². The highest BCUT2D eigenvalue weighted by atomic mass is 35.5. The lowest BCUT2D eigenvalue weighted by atomic mass is 10.2. The molecule has 0 radical (unpaired) electrons. The lowest BCUT2D eigenvalue weighted by Gasteiger charge is -2.17. The van der Waals surface area contributed by atoms with E-state index < -0.39 is 0 Å². The minimum absolute atomic E-state index is 0.246. The number of amides is 1. The number of para-hydroxylation sites is 2. The number of carbonyl (C=O) groups excluding carboxylic acids is 1. The van der Waals surface area contributed by atoms with Gasteiger partial charge in [0.05, 0.1) is 23.1 Å². The topological polar surface area (TPSA) is 58.1 Å². The molecule has 1 aliphatic heterocycles. The third-order valence-corrected chi connectivity index (χ3v) is 4.49. The van der Waals surface area contributed by atoms with Crippen molar-refractivity contribution in [2.24, 2.45) is 0 Å². The predicted octanol–water partition coefficient (Wildman–Crippen LogP) is 4.08. The lowest BCUT2D eigenvalue weighted by Crippen LogP contribution is -2.18. The first-order valence-corrected chi connectivity index (χ1v) is 8.33. The van der Waals surface area contributed by atoms with Crippen molar-refractivity contribution in [3.05, 3.63) is 77.2 Å². The molecule has 0 saturated carbocycles. The number of hydrogen-bond donors (Lipinski definition) is 1. The van der Waals surface area contributed by atoms with E-state index in [1.165, 1.54) is 11.8 Å². The van der Waals surface area contributed by atoms with Gasteiger partial charge in [0, 0.05) is 12.2 Å². The molecule has 1 aromatic heterocycles. The highest BCUT2D eigenvalue weighted by molar-refractivity contribution is 6.33. The summed E-state index contributed by atoms with van der Waals surface area (Å²) in [4.78, 5) is 23.1. The van der Waals surface area contributed by atoms with E-state index in [-0.39, 0.29) is 11.6 Å². The zero-order valence-electron chi connectivity index (χ0n) is 13.3. The number of hydrogen-bond acceptors (Lipinski definition) is 4. The van der Waals surface area contributed by atoms with Crippen LogP contribution in [-0.2, 0) is 6.42 Å². The zero-order valence-corrected chi connectivity index (χ0v) is 14.1. The molecule has 25 heavy (non-hydrogen) atoms. The predicted molar refractivity (Wildman–Crippen MR) is 98.6 cm³/mol. The van der Waals surface area contributed by atoms with Crippen LogP contribution in [0.25, 0.3) is 0 Å². The third kappa shape index (κ3) is 3.06. The van der Waals surface area contributed by atoms with Crippen molar-refractivity contribution in [1.82, 2.24) is 9.97 Å². The highest BCUT2D eigenvalue weighted by Gasteiger charge is 2.21. The van der Waals surface area contributed by atoms with Crippen LogP contribution in [0.15, 0.2) is 60.9 Å². The van der Waals surface area contributed by atoms with E-state index >= 15 is 0 Å². The number of benzene rings is 2. The Balaban J connectivity index is 1.53. The molecule has 0 fully saturated rings. The maximum atomic E-state index is 12.3. The summed E-state index contributed by atoms with van der Waals surface area (Å²) >= 11 is 6.06. The Labute approximate surface area is 150 Å². The van der Waals surface area contributed by atoms with Crippen molar-refractivity contribution in [3.63, 3.8) is 0 Å². The van der Waals surface area contributed by atoms with Gasteiger partial charge in [-0.15, -0.1) is 0 Å². The molecule has 1 N–H and O–H groups in total. The summed E-state index contributed by atoms with van der Waals surface area (Å²) in [6.45, 7) is 0.860. The molecule has 4 rings (SSSR count). The average molecular weight is 351 g/mol. The SMILES string of the molecule is O=C(Nc1ccccc1Cl)c1cnc(N2CCc3ccccc32)cn1. The second kappa shape index (κ2) is 6.53. The van der Waals surface area contributed by atoms with Gasteiger partial charge < -0.3 is 10.2 Å². The number of anilines is 3. The van der Waals surface area contributed by atoms with Gasteiger partial charge in [0.2, 0.25) is 0 Å². The van der Waals surface area contributed by atoms with Crippen molar-refractivity contribution >= 4 is 34.7 Å². The molecule has 0 saturated heterocycles. The molecule has 5 nitrogen and oxygen atoms in total. The van der Waals surface area contributed by atoms with Crippen LogP contribution in [0.2, 0.25) is 5.02 Å². The number of fused-ring (bicyclic) bond motifs is 1. The van der Waals surface area contributed by atoms with Crippen molar-refractivity contribution < 1.29 is 4.79 Å². The van der Waals surface area contributed by atoms with Crippen LogP contribution in [0.3, 0.4) is 0 Å². The molecule has 2 heterocycles. The summed E-state index contributed by atoms with van der Waals surface area (Å²) in [7, 11) is 0. The highest BCUT2D eigenvalue weighted by Crippen LogP contribution is 2.32. The minimum atomic E-state index is -0.339. The summed E-state index contributed by atoms with van der Waals surface area (Å²) in [6, 6.07) is 15.3. The first kappa shape index (κ1) is 15.6. The molecule has 3 aromatic rings. The Hall–Kier alpha value is -2.92. The number of nitrogens with one attached hydrogen (secondary N) is 1. The van der Waals surface area contributed by atoms with E-state index in [1.54, 1.807) is 30.5 Å². The quantitative estimate of drug-likeness (QED) is 0.773. The van der Waals surface area contributed by atoms with Gasteiger partial charge in [-0.25, -0.2) is 9.97 Å². The lowest BCUT2D eigenvalue weighted by molar-refractivity contribution is 0.102. The molecule has 1 amide bonds. The third-order valence-electron chi connectivity index (χ3n) is 4.16. The molecule has 2 aromatic carbocycles. The Kier molecular flexibility index (Phi) is 4.07. The summed E-state index contributed by atoms with van der Waals surface area (Å²) in [5, 5.41) is 3.22. The molecule has 0 bridgehead atoms. The Morgan fingerprint density at radius 1 is 1.04 bits per heavy atom. The smallest absolute Gasteiger partial charge is 0.275 e. The molecule has 124 valence electrons. The largest absolute Gasteiger partial charge is 0.325 e. The van der Waals surface area contributed by atoms with Crippen molar-refractivity contribution in [2.75, 3.05) is 16.8 Å². The fraction of sp³-hybridized carbons (Fsp3) is 0.105. The number of rotatable bonds is 3. The van der Waals surface area contributed by atoms with Gasteiger partial charge in [0.1, 0.15) is 5.69 Å². The first-order chi connectivity index (χ1) is 12.2. The summed E-state index contributed by atoms with van der Waals surface area (Å²) in [5.41, 5.74) is 3.24. The monoisotopic (exact) mass is 350 g/mol. The number of nitrogens with zero attached hydrogens (tertiary/aromatic N) is 3. The second-order valence-electron chi connectivity index (χ2n) is 5.72. The number of carbonyl (C=O) groups is 1. The molecule has 0 spiro atoms. The molecule has 0 unspecified atom stereocenters. The van der Waals surface area contributed by atoms with Gasteiger partial charge >= 0.3 is 0 Å². The van der Waals surface area contributed by atoms with Crippen LogP contribution >= 0.6 is 11.6 Å². The summed E-state index contributed by atoms with van der Waals surface area (Å²) in [6.07, 6.45) is 4.10. The Morgan fingerprint density at radius 2 is 1.84 bits per heavy atom. The van der Waals surface area contributed by atoms with E-state index in [9.17, 15) is 4.79 Å². The molecular formula is C19H15ClN4O. The van der Waals surface area contributed by atoms with Crippen LogP contribution in [0.1, 0.15) is 16.1 Å². The summed E-state index contributed by atoms with van der Waals surface area (Å²) in [5.74, 6) is 0.396. The fourth-order valence-corrected chi connectivity index (χ4v) is 3.09. The molecule has 0 aliphatic carbocycles. The first-order valence-electron chi connectivity index (χ1n) is 7.96. The van der Waals surface area contributed by atoms with Crippen molar-refractivity contribution in [2.45, 2.75) is 6.42 Å². The zero-order chi connectivity index (χ0) is 17.2. The minimum Gasteiger partial charge on any atom is -0.325 e. The maximum absolute atomic E-state index is 12.3. The molecular weight excluding hydrogens is 336 g/mol. The molecule has 0 atom stereocenters. The van der Waals surface area contributed by atoms with Crippen molar-refractivity contribution in [3.8, 4) is 0 Å². The van der Waals surface area contributed by atoms with E-state index in [0.29, 0.717) is 10.7 Å². The van der Waals surface area contributed by atoms with Crippen LogP contribution in [0, 0.1) is 0 Å². The number of halogens is 1. The summed E-state index contributed by atoms with van der Waals surface area (Å²) < 4.78 is 0. The van der Waals surface area contributed by atoms with Gasteiger partial charge in [-0.3, -0.25) is 4.79 Å².